The molecule has 196 valence electrons. The zero-order valence-electron chi connectivity index (χ0n) is 20.9. The summed E-state index contributed by atoms with van der Waals surface area (Å²) in [5.41, 5.74) is 1.91. The van der Waals surface area contributed by atoms with Crippen LogP contribution in [0.4, 0.5) is 24.5 Å². The second kappa shape index (κ2) is 17.3. The van der Waals surface area contributed by atoms with Crippen LogP contribution in [0.2, 0.25) is 0 Å². The van der Waals surface area contributed by atoms with E-state index in [2.05, 4.69) is 21.4 Å². The SMILES string of the molecule is CC.CCCO.CNC(=O)CONCc1cc(C(=O)NC)c(Nc2ccc(C)cc2F)c(F)c1F. The Hall–Kier alpha value is -3.15. The van der Waals surface area contributed by atoms with Crippen LogP contribution in [0.25, 0.3) is 0 Å². The normalized spacial score (nSPS) is 9.77. The van der Waals surface area contributed by atoms with Crippen LogP contribution in [0.1, 0.15) is 48.7 Å². The lowest BCUT2D eigenvalue weighted by Gasteiger charge is -2.16. The molecule has 0 unspecified atom stereocenters. The first-order valence-corrected chi connectivity index (χ1v) is 11.1. The van der Waals surface area contributed by atoms with Crippen molar-refractivity contribution < 1.29 is 32.7 Å². The Balaban J connectivity index is 0.00000174. The van der Waals surface area contributed by atoms with Crippen molar-refractivity contribution in [3.63, 3.8) is 0 Å². The van der Waals surface area contributed by atoms with Crippen molar-refractivity contribution in [2.24, 2.45) is 0 Å². The van der Waals surface area contributed by atoms with Crippen LogP contribution in [-0.4, -0.2) is 44.2 Å². The molecule has 11 heteroatoms. The van der Waals surface area contributed by atoms with Crippen LogP contribution < -0.4 is 21.4 Å². The smallest absolute Gasteiger partial charge is 0.253 e. The molecule has 2 aromatic carbocycles. The lowest BCUT2D eigenvalue weighted by atomic mass is 10.1. The van der Waals surface area contributed by atoms with E-state index in [0.717, 1.165) is 12.5 Å². The van der Waals surface area contributed by atoms with E-state index >= 15 is 0 Å². The highest BCUT2D eigenvalue weighted by Crippen LogP contribution is 2.30. The molecule has 8 nitrogen and oxygen atoms in total. The van der Waals surface area contributed by atoms with Gasteiger partial charge in [-0.2, -0.15) is 5.48 Å². The first kappa shape index (κ1) is 31.9. The van der Waals surface area contributed by atoms with Crippen LogP contribution >= 0.6 is 0 Å². The maximum Gasteiger partial charge on any atom is 0.253 e. The highest BCUT2D eigenvalue weighted by atomic mass is 19.2. The number of benzene rings is 2. The van der Waals surface area contributed by atoms with Crippen LogP contribution in [0.5, 0.6) is 0 Å². The zero-order chi connectivity index (χ0) is 27.0. The van der Waals surface area contributed by atoms with E-state index in [9.17, 15) is 22.8 Å². The largest absolute Gasteiger partial charge is 0.396 e. The summed E-state index contributed by atoms with van der Waals surface area (Å²) >= 11 is 0. The van der Waals surface area contributed by atoms with Gasteiger partial charge in [0.05, 0.1) is 16.9 Å². The Labute approximate surface area is 204 Å². The number of hydrogen-bond donors (Lipinski definition) is 5. The number of hydrogen-bond acceptors (Lipinski definition) is 6. The van der Waals surface area contributed by atoms with Gasteiger partial charge in [-0.3, -0.25) is 14.4 Å². The molecule has 0 aromatic heterocycles. The molecule has 0 heterocycles. The molecule has 0 aliphatic rings. The van der Waals surface area contributed by atoms with Crippen molar-refractivity contribution in [3.05, 3.63) is 58.4 Å². The Morgan fingerprint density at radius 3 is 2.17 bits per heavy atom. The molecule has 2 amide bonds. The van der Waals surface area contributed by atoms with E-state index in [0.29, 0.717) is 12.2 Å². The molecule has 5 N–H and O–H groups in total. The summed E-state index contributed by atoms with van der Waals surface area (Å²) in [7, 11) is 2.74. The molecule has 2 aromatic rings. The monoisotopic (exact) mass is 500 g/mol. The van der Waals surface area contributed by atoms with E-state index in [-0.39, 0.29) is 30.0 Å². The number of anilines is 2. The molecule has 0 aliphatic heterocycles. The number of nitrogens with one attached hydrogen (secondary N) is 4. The van der Waals surface area contributed by atoms with Gasteiger partial charge < -0.3 is 21.1 Å². The number of halogens is 3. The molecule has 35 heavy (non-hydrogen) atoms. The van der Waals surface area contributed by atoms with E-state index < -0.39 is 35.0 Å². The predicted molar refractivity (Wildman–Crippen MR) is 130 cm³/mol. The van der Waals surface area contributed by atoms with Gasteiger partial charge in [0.15, 0.2) is 11.6 Å². The van der Waals surface area contributed by atoms with Gasteiger partial charge in [0.1, 0.15) is 12.4 Å². The second-order valence-corrected chi connectivity index (χ2v) is 6.78. The number of aliphatic hydroxyl groups is 1. The number of rotatable bonds is 9. The molecule has 0 fully saturated rings. The van der Waals surface area contributed by atoms with E-state index in [1.165, 1.54) is 26.2 Å². The van der Waals surface area contributed by atoms with Gasteiger partial charge in [-0.15, -0.1) is 0 Å². The van der Waals surface area contributed by atoms with Crippen molar-refractivity contribution in [1.29, 1.82) is 0 Å². The van der Waals surface area contributed by atoms with Gasteiger partial charge in [0.2, 0.25) is 5.91 Å². The van der Waals surface area contributed by atoms with E-state index in [1.807, 2.05) is 20.8 Å². The Morgan fingerprint density at radius 2 is 1.66 bits per heavy atom. The van der Waals surface area contributed by atoms with Gasteiger partial charge in [-0.25, -0.2) is 13.2 Å². The van der Waals surface area contributed by atoms with Gasteiger partial charge in [0.25, 0.3) is 5.91 Å². The van der Waals surface area contributed by atoms with Crippen molar-refractivity contribution in [2.45, 2.75) is 40.7 Å². The molecule has 0 saturated carbocycles. The minimum absolute atomic E-state index is 0.112. The predicted octanol–water partition coefficient (Wildman–Crippen LogP) is 3.70. The third-order valence-corrected chi connectivity index (χ3v) is 4.21. The van der Waals surface area contributed by atoms with Crippen LogP contribution in [-0.2, 0) is 16.2 Å². The van der Waals surface area contributed by atoms with Crippen molar-refractivity contribution in [2.75, 3.05) is 32.6 Å². The molecular formula is C24H35F3N4O4. The minimum atomic E-state index is -1.35. The van der Waals surface area contributed by atoms with Gasteiger partial charge in [-0.05, 0) is 37.1 Å². The summed E-state index contributed by atoms with van der Waals surface area (Å²) in [6.07, 6.45) is 0.875. The molecule has 0 radical (unpaired) electrons. The maximum atomic E-state index is 14.7. The third kappa shape index (κ3) is 10.3. The first-order valence-electron chi connectivity index (χ1n) is 11.1. The Kier molecular flexibility index (Phi) is 15.8. The lowest BCUT2D eigenvalue weighted by molar-refractivity contribution is -0.128. The molecule has 2 rings (SSSR count). The van der Waals surface area contributed by atoms with Gasteiger partial charge in [-0.1, -0.05) is 26.8 Å². The van der Waals surface area contributed by atoms with Crippen LogP contribution in [0, 0.1) is 24.4 Å². The Bertz CT molecular complexity index is 957. The van der Waals surface area contributed by atoms with Crippen LogP contribution in [0.15, 0.2) is 24.3 Å². The number of amides is 2. The fourth-order valence-corrected chi connectivity index (χ4v) is 2.42. The number of hydroxylamine groups is 1. The number of carbonyl (C=O) groups is 2. The summed E-state index contributed by atoms with van der Waals surface area (Å²) < 4.78 is 43.4. The third-order valence-electron chi connectivity index (χ3n) is 4.21. The standard InChI is InChI=1S/C19H21F3N4O3.C3H8O.C2H6/c1-10-4-5-14(13(20)6-10)26-18-12(19(28)24-3)7-11(16(21)17(18)22)8-25-29-9-15(27)23-2;1-2-3-4;1-2/h4-7,25-26H,8-9H2,1-3H3,(H,23,27)(H,24,28);4H,2-3H2,1H3;1-2H3. The molecule has 0 atom stereocenters. The second-order valence-electron chi connectivity index (χ2n) is 6.78. The Morgan fingerprint density at radius 1 is 1.03 bits per heavy atom. The highest BCUT2D eigenvalue weighted by molar-refractivity contribution is 6.00. The molecule has 0 aliphatic carbocycles. The quantitative estimate of drug-likeness (QED) is 0.265. The molecule has 0 spiro atoms. The summed E-state index contributed by atoms with van der Waals surface area (Å²) in [6, 6.07) is 5.28. The lowest BCUT2D eigenvalue weighted by Crippen LogP contribution is -2.28. The molecule has 0 saturated heterocycles. The summed E-state index contributed by atoms with van der Waals surface area (Å²) in [6.45, 7) is 7.27. The fourth-order valence-electron chi connectivity index (χ4n) is 2.42. The minimum Gasteiger partial charge on any atom is -0.396 e. The number of likely N-dealkylation sites (N-methyl/N-ethyl adjacent to an activating group) is 1. The fraction of sp³-hybridized carbons (Fsp3) is 0.417. The molecular weight excluding hydrogens is 465 g/mol. The van der Waals surface area contributed by atoms with E-state index in [4.69, 9.17) is 9.94 Å². The summed E-state index contributed by atoms with van der Waals surface area (Å²) in [4.78, 5) is 28.1. The first-order chi connectivity index (χ1) is 16.7. The summed E-state index contributed by atoms with van der Waals surface area (Å²) in [5, 5.41) is 15.0. The number of aliphatic hydroxyl groups excluding tert-OH is 1. The van der Waals surface area contributed by atoms with Crippen molar-refractivity contribution in [1.82, 2.24) is 16.1 Å². The average Bonchev–Trinajstić information content (AvgIpc) is 2.87. The average molecular weight is 501 g/mol. The zero-order valence-corrected chi connectivity index (χ0v) is 20.9. The topological polar surface area (TPSA) is 112 Å². The molecule has 0 bridgehead atoms. The highest BCUT2D eigenvalue weighted by Gasteiger charge is 2.23. The van der Waals surface area contributed by atoms with Gasteiger partial charge >= 0.3 is 0 Å². The maximum absolute atomic E-state index is 14.7. The van der Waals surface area contributed by atoms with E-state index in [1.54, 1.807) is 13.0 Å². The van der Waals surface area contributed by atoms with Crippen molar-refractivity contribution in [3.8, 4) is 0 Å². The number of aryl methyl sites for hydroxylation is 1. The summed E-state index contributed by atoms with van der Waals surface area (Å²) in [5.74, 6) is -4.40. The van der Waals surface area contributed by atoms with Gasteiger partial charge in [0, 0.05) is 32.8 Å². The van der Waals surface area contributed by atoms with Crippen molar-refractivity contribution >= 4 is 23.2 Å². The van der Waals surface area contributed by atoms with Crippen LogP contribution in [0.3, 0.4) is 0 Å². The number of carbonyl (C=O) groups excluding carboxylic acids is 2.